The van der Waals surface area contributed by atoms with Gasteiger partial charge in [-0.1, -0.05) is 48.5 Å². The molecule has 2 aliphatic heterocycles. The van der Waals surface area contributed by atoms with Crippen LogP contribution >= 0.6 is 0 Å². The van der Waals surface area contributed by atoms with E-state index in [0.29, 0.717) is 68.4 Å². The SMILES string of the molecule is CO.COc1ccccc1C(=O)c1ccc(NC(=O)C2(c3ccc4c(c3)OCO4)CC2)nc1.COc1ccccc1C(O)c1ccc(NC(=O)C2(c3ccc4c(c3)OCO4)CC2)nc1.[B].[H-].[Na+]. The first kappa shape index (κ1) is 49.0. The summed E-state index contributed by atoms with van der Waals surface area (Å²) in [6.45, 7) is 0.400. The molecule has 4 heterocycles. The number of ether oxygens (including phenoxy) is 6. The number of hydrogen-bond donors (Lipinski definition) is 4. The summed E-state index contributed by atoms with van der Waals surface area (Å²) in [5.41, 5.74) is 2.80. The number of amides is 2. The molecule has 2 aromatic heterocycles. The Morgan fingerprint density at radius 2 is 1.12 bits per heavy atom. The maximum Gasteiger partial charge on any atom is 1.00 e. The summed E-state index contributed by atoms with van der Waals surface area (Å²) in [4.78, 5) is 47.4. The zero-order valence-electron chi connectivity index (χ0n) is 37.9. The van der Waals surface area contributed by atoms with E-state index in [1.54, 1.807) is 74.0 Å². The van der Waals surface area contributed by atoms with Gasteiger partial charge < -0.3 is 50.7 Å². The Morgan fingerprint density at radius 1 is 0.636 bits per heavy atom. The van der Waals surface area contributed by atoms with Gasteiger partial charge in [-0.3, -0.25) is 14.4 Å². The van der Waals surface area contributed by atoms with Crippen molar-refractivity contribution in [2.75, 3.05) is 45.5 Å². The topological polar surface area (TPSA) is 197 Å². The van der Waals surface area contributed by atoms with Crippen molar-refractivity contribution in [3.05, 3.63) is 155 Å². The largest absolute Gasteiger partial charge is 1.00 e. The maximum atomic E-state index is 13.0. The van der Waals surface area contributed by atoms with Crippen LogP contribution in [-0.2, 0) is 20.4 Å². The molecule has 17 heteroatoms. The molecule has 2 fully saturated rings. The summed E-state index contributed by atoms with van der Waals surface area (Å²) in [6, 6.07) is 32.3. The number of carbonyl (C=O) groups excluding carboxylic acids is 3. The predicted molar refractivity (Wildman–Crippen MR) is 241 cm³/mol. The first-order valence-corrected chi connectivity index (χ1v) is 20.5. The number of pyridine rings is 2. The van der Waals surface area contributed by atoms with Crippen molar-refractivity contribution in [3.8, 4) is 34.5 Å². The van der Waals surface area contributed by atoms with E-state index in [1.807, 2.05) is 48.5 Å². The van der Waals surface area contributed by atoms with E-state index in [0.717, 1.165) is 43.9 Å². The van der Waals surface area contributed by atoms with Crippen LogP contribution in [0, 0.1) is 0 Å². The summed E-state index contributed by atoms with van der Waals surface area (Å²) in [6.07, 6.45) is 5.19. The Bertz CT molecular complexity index is 2690. The third kappa shape index (κ3) is 10.0. The Balaban J connectivity index is 0.000000232. The Kier molecular flexibility index (Phi) is 15.8. The molecule has 2 amide bonds. The first-order chi connectivity index (χ1) is 31.2. The third-order valence-electron chi connectivity index (χ3n) is 11.6. The minimum atomic E-state index is -0.878. The van der Waals surface area contributed by atoms with Crippen molar-refractivity contribution in [3.63, 3.8) is 0 Å². The van der Waals surface area contributed by atoms with Gasteiger partial charge >= 0.3 is 29.6 Å². The Labute approximate surface area is 407 Å². The number of nitrogens with one attached hydrogen (secondary N) is 2. The van der Waals surface area contributed by atoms with Gasteiger partial charge in [0, 0.05) is 44.6 Å². The van der Waals surface area contributed by atoms with Crippen LogP contribution in [0.1, 0.15) is 71.4 Å². The second-order valence-electron chi connectivity index (χ2n) is 15.3. The number of fused-ring (bicyclic) bond motifs is 2. The quantitative estimate of drug-likeness (QED) is 0.103. The van der Waals surface area contributed by atoms with E-state index in [4.69, 9.17) is 33.5 Å². The molecule has 333 valence electrons. The van der Waals surface area contributed by atoms with Gasteiger partial charge in [-0.05, 0) is 97.5 Å². The molecular weight excluding hydrogens is 854 g/mol. The van der Waals surface area contributed by atoms with Crippen molar-refractivity contribution >= 4 is 37.6 Å². The van der Waals surface area contributed by atoms with Crippen LogP contribution in [0.5, 0.6) is 34.5 Å². The molecule has 0 bridgehead atoms. The van der Waals surface area contributed by atoms with Crippen LogP contribution in [0.4, 0.5) is 11.6 Å². The molecule has 4 aliphatic rings. The van der Waals surface area contributed by atoms with Crippen LogP contribution in [0.3, 0.4) is 0 Å². The third-order valence-corrected chi connectivity index (χ3v) is 11.6. The number of aliphatic hydroxyl groups excluding tert-OH is 2. The van der Waals surface area contributed by atoms with E-state index in [9.17, 15) is 19.5 Å². The fourth-order valence-electron chi connectivity index (χ4n) is 7.71. The van der Waals surface area contributed by atoms with E-state index >= 15 is 0 Å². The molecule has 0 saturated heterocycles. The van der Waals surface area contributed by atoms with Gasteiger partial charge in [0.25, 0.3) is 0 Å². The van der Waals surface area contributed by atoms with E-state index in [1.165, 1.54) is 13.3 Å². The standard InChI is InChI=1S/C24H22N2O5.C24H20N2O5.CH4O.B.Na.H/c2*1-29-18-5-3-2-4-17(18)22(27)15-6-9-21(25-13-15)26-23(28)24(10-11-24)16-7-8-19-20(12-16)31-14-30-19;1-2;;;/h2-9,12-13,22,27H,10-11,14H2,1H3,(H,25,26,28);2-9,12-13H,10-11,14H2,1H3,(H,25,26,28);2H,1H3;;;/q;;;;+1;-1. The van der Waals surface area contributed by atoms with Gasteiger partial charge in [0.05, 0.1) is 30.6 Å². The number of methoxy groups -OCH3 is 2. The number of benzene rings is 4. The average Bonchev–Trinajstić information content (AvgIpc) is 4.25. The number of carbonyl (C=O) groups is 3. The van der Waals surface area contributed by atoms with Gasteiger partial charge in [0.2, 0.25) is 25.4 Å². The van der Waals surface area contributed by atoms with E-state index in [2.05, 4.69) is 20.6 Å². The van der Waals surface area contributed by atoms with Crippen molar-refractivity contribution in [2.45, 2.75) is 42.6 Å². The number of aromatic nitrogens is 2. The molecule has 4 N–H and O–H groups in total. The first-order valence-electron chi connectivity index (χ1n) is 20.5. The molecule has 3 radical (unpaired) electrons. The Morgan fingerprint density at radius 3 is 1.61 bits per heavy atom. The molecule has 2 saturated carbocycles. The number of aliphatic hydroxyl groups is 2. The van der Waals surface area contributed by atoms with Crippen LogP contribution in [0.25, 0.3) is 0 Å². The van der Waals surface area contributed by atoms with Gasteiger partial charge in [-0.2, -0.15) is 0 Å². The van der Waals surface area contributed by atoms with E-state index < -0.39 is 16.9 Å². The van der Waals surface area contributed by atoms with Gasteiger partial charge in [0.15, 0.2) is 28.8 Å². The predicted octanol–water partition coefficient (Wildman–Crippen LogP) is 3.64. The monoisotopic (exact) mass is 901 g/mol. The second-order valence-corrected chi connectivity index (χ2v) is 15.3. The molecule has 2 aliphatic carbocycles. The number of rotatable bonds is 12. The molecule has 15 nitrogen and oxygen atoms in total. The smallest absolute Gasteiger partial charge is 1.00 e. The number of nitrogens with zero attached hydrogens (tertiary/aromatic N) is 2. The van der Waals surface area contributed by atoms with Gasteiger partial charge in [-0.15, -0.1) is 0 Å². The summed E-state index contributed by atoms with van der Waals surface area (Å²) in [5.74, 6) is 4.25. The second kappa shape index (κ2) is 21.3. The molecular formula is C49H47BN4NaO11. The van der Waals surface area contributed by atoms with Crippen molar-refractivity contribution in [2.24, 2.45) is 0 Å². The van der Waals surface area contributed by atoms with E-state index in [-0.39, 0.29) is 70.6 Å². The molecule has 1 unspecified atom stereocenters. The number of anilines is 2. The molecule has 10 rings (SSSR count). The minimum absolute atomic E-state index is 0. The number of ketones is 1. The average molecular weight is 902 g/mol. The maximum absolute atomic E-state index is 13.0. The summed E-state index contributed by atoms with van der Waals surface area (Å²) >= 11 is 0. The summed E-state index contributed by atoms with van der Waals surface area (Å²) < 4.78 is 32.2. The zero-order chi connectivity index (χ0) is 44.8. The minimum Gasteiger partial charge on any atom is -1.00 e. The zero-order valence-corrected chi connectivity index (χ0v) is 38.9. The molecule has 66 heavy (non-hydrogen) atoms. The normalized spacial score (nSPS) is 15.0. The fraction of sp³-hybridized carbons (Fsp3) is 0.245. The van der Waals surface area contributed by atoms with Crippen molar-refractivity contribution in [1.29, 1.82) is 0 Å². The molecule has 1 atom stereocenters. The van der Waals surface area contributed by atoms with Crippen LogP contribution < -0.4 is 68.6 Å². The van der Waals surface area contributed by atoms with Crippen molar-refractivity contribution < 1.29 is 84.0 Å². The van der Waals surface area contributed by atoms with Crippen LogP contribution in [-0.4, -0.2) is 81.1 Å². The summed E-state index contributed by atoms with van der Waals surface area (Å²) in [5, 5.41) is 23.5. The number of para-hydroxylation sites is 2. The molecule has 0 spiro atoms. The Hall–Kier alpha value is -6.43. The molecule has 6 aromatic rings. The van der Waals surface area contributed by atoms with Crippen LogP contribution in [0.15, 0.2) is 122 Å². The molecule has 4 aromatic carbocycles. The fourth-order valence-corrected chi connectivity index (χ4v) is 7.71. The summed E-state index contributed by atoms with van der Waals surface area (Å²) in [7, 11) is 4.09. The van der Waals surface area contributed by atoms with Gasteiger partial charge in [0.1, 0.15) is 29.2 Å². The van der Waals surface area contributed by atoms with Crippen molar-refractivity contribution in [1.82, 2.24) is 9.97 Å². The van der Waals surface area contributed by atoms with Gasteiger partial charge in [-0.25, -0.2) is 9.97 Å². The van der Waals surface area contributed by atoms with Crippen LogP contribution in [0.2, 0.25) is 0 Å². The number of hydrogen-bond acceptors (Lipinski definition) is 13.